The molecule has 0 bridgehead atoms. The number of methoxy groups -OCH3 is 1. The summed E-state index contributed by atoms with van der Waals surface area (Å²) in [5.41, 5.74) is 6.29. The lowest BCUT2D eigenvalue weighted by Crippen LogP contribution is -2.10. The van der Waals surface area contributed by atoms with Crippen LogP contribution in [0.25, 0.3) is 11.1 Å². The van der Waals surface area contributed by atoms with Gasteiger partial charge in [-0.05, 0) is 46.5 Å². The number of hydrogen-bond donors (Lipinski definition) is 1. The molecule has 1 N–H and O–H groups in total. The number of hydrogen-bond acceptors (Lipinski definition) is 5. The van der Waals surface area contributed by atoms with Gasteiger partial charge in [0.05, 0.1) is 18.4 Å². The minimum Gasteiger partial charge on any atom is -0.465 e. The first kappa shape index (κ1) is 22.0. The average molecular weight is 437 g/mol. The minimum absolute atomic E-state index is 0.0148. The van der Waals surface area contributed by atoms with Gasteiger partial charge in [-0.1, -0.05) is 71.9 Å². The van der Waals surface area contributed by atoms with Crippen molar-refractivity contribution in [2.75, 3.05) is 7.11 Å². The molecule has 5 heteroatoms. The van der Waals surface area contributed by atoms with Gasteiger partial charge in [0.15, 0.2) is 0 Å². The largest absolute Gasteiger partial charge is 0.465 e. The Labute approximate surface area is 193 Å². The Morgan fingerprint density at radius 2 is 1.39 bits per heavy atom. The second-order valence-electron chi connectivity index (χ2n) is 7.64. The lowest BCUT2D eigenvalue weighted by molar-refractivity contribution is 0.0600. The normalized spacial score (nSPS) is 12.2. The summed E-state index contributed by atoms with van der Waals surface area (Å²) in [5, 5.41) is 13.3. The number of rotatable bonds is 7. The van der Waals surface area contributed by atoms with Crippen LogP contribution >= 0.6 is 0 Å². The number of aromatic nitrogens is 1. The highest BCUT2D eigenvalue weighted by Crippen LogP contribution is 2.31. The first-order valence-corrected chi connectivity index (χ1v) is 10.6. The number of esters is 1. The highest BCUT2D eigenvalue weighted by atomic mass is 16.5. The van der Waals surface area contributed by atoms with Gasteiger partial charge in [0, 0.05) is 30.3 Å². The Balaban J connectivity index is 1.63. The lowest BCUT2D eigenvalue weighted by Gasteiger charge is -2.19. The van der Waals surface area contributed by atoms with Crippen LogP contribution in [0.3, 0.4) is 0 Å². The first-order valence-electron chi connectivity index (χ1n) is 10.6. The maximum Gasteiger partial charge on any atom is 0.337 e. The van der Waals surface area contributed by atoms with E-state index in [1.807, 2.05) is 42.5 Å². The molecular weight excluding hydrogens is 412 g/mol. The topological polar surface area (TPSA) is 71.8 Å². The van der Waals surface area contributed by atoms with Crippen molar-refractivity contribution >= 4 is 11.7 Å². The Morgan fingerprint density at radius 3 is 1.97 bits per heavy atom. The zero-order valence-electron chi connectivity index (χ0n) is 18.3. The van der Waals surface area contributed by atoms with E-state index in [0.717, 1.165) is 27.8 Å². The number of carbonyl (C=O) groups excluding carboxylic acids is 1. The number of oxime groups is 1. The van der Waals surface area contributed by atoms with Crippen LogP contribution in [0.4, 0.5) is 0 Å². The Bertz CT molecular complexity index is 1220. The summed E-state index contributed by atoms with van der Waals surface area (Å²) < 4.78 is 4.77. The van der Waals surface area contributed by atoms with E-state index in [1.165, 1.54) is 7.11 Å². The van der Waals surface area contributed by atoms with Crippen LogP contribution in [-0.4, -0.2) is 29.0 Å². The third kappa shape index (κ3) is 5.15. The van der Waals surface area contributed by atoms with Crippen molar-refractivity contribution in [3.63, 3.8) is 0 Å². The summed E-state index contributed by atoms with van der Waals surface area (Å²) in [4.78, 5) is 15.7. The van der Waals surface area contributed by atoms with Crippen LogP contribution < -0.4 is 0 Å². The Morgan fingerprint density at radius 1 is 0.818 bits per heavy atom. The molecule has 5 nitrogen and oxygen atoms in total. The molecule has 0 aliphatic carbocycles. The average Bonchev–Trinajstić information content (AvgIpc) is 2.90. The third-order valence-corrected chi connectivity index (χ3v) is 5.69. The highest BCUT2D eigenvalue weighted by Gasteiger charge is 2.19. The van der Waals surface area contributed by atoms with Crippen molar-refractivity contribution in [1.29, 1.82) is 0 Å². The molecule has 1 aromatic heterocycles. The first-order chi connectivity index (χ1) is 16.2. The third-order valence-electron chi connectivity index (χ3n) is 5.69. The van der Waals surface area contributed by atoms with E-state index < -0.39 is 0 Å². The van der Waals surface area contributed by atoms with Crippen molar-refractivity contribution in [3.05, 3.63) is 126 Å². The van der Waals surface area contributed by atoms with Crippen molar-refractivity contribution in [1.82, 2.24) is 4.98 Å². The molecule has 0 saturated carbocycles. The standard InChI is InChI=1S/C28H24N2O3/c1-33-28(31)25-13-9-21(10-14-25)20-7-11-23(12-8-20)26(22-5-3-2-4-6-22)19-27(30-32)24-15-17-29-18-16-24/h2-18,26,32H,19H2,1H3. The summed E-state index contributed by atoms with van der Waals surface area (Å²) in [7, 11) is 1.37. The fourth-order valence-electron chi connectivity index (χ4n) is 3.89. The van der Waals surface area contributed by atoms with Gasteiger partial charge in [-0.25, -0.2) is 4.79 Å². The maximum atomic E-state index is 11.7. The van der Waals surface area contributed by atoms with Gasteiger partial charge in [-0.3, -0.25) is 4.98 Å². The maximum absolute atomic E-state index is 11.7. The summed E-state index contributed by atoms with van der Waals surface area (Å²) in [6, 6.07) is 29.6. The monoisotopic (exact) mass is 436 g/mol. The van der Waals surface area contributed by atoms with E-state index in [0.29, 0.717) is 17.7 Å². The molecule has 164 valence electrons. The minimum atomic E-state index is -0.349. The van der Waals surface area contributed by atoms with Crippen LogP contribution in [0.5, 0.6) is 0 Å². The SMILES string of the molecule is COC(=O)c1ccc(-c2ccc(C(CC(=NO)c3ccncc3)c3ccccc3)cc2)cc1. The molecule has 1 heterocycles. The molecule has 0 aliphatic rings. The zero-order valence-corrected chi connectivity index (χ0v) is 18.3. The molecule has 0 fully saturated rings. The van der Waals surface area contributed by atoms with Gasteiger partial charge in [-0.2, -0.15) is 0 Å². The highest BCUT2D eigenvalue weighted by molar-refractivity contribution is 6.00. The van der Waals surface area contributed by atoms with Crippen LogP contribution in [0.1, 0.15) is 39.4 Å². The van der Waals surface area contributed by atoms with Crippen LogP contribution in [0.2, 0.25) is 0 Å². The second kappa shape index (κ2) is 10.4. The molecule has 4 rings (SSSR count). The van der Waals surface area contributed by atoms with E-state index in [4.69, 9.17) is 4.74 Å². The molecule has 0 saturated heterocycles. The molecule has 33 heavy (non-hydrogen) atoms. The number of pyridine rings is 1. The van der Waals surface area contributed by atoms with E-state index in [2.05, 4.69) is 46.5 Å². The Hall–Kier alpha value is -4.25. The smallest absolute Gasteiger partial charge is 0.337 e. The zero-order chi connectivity index (χ0) is 23.0. The van der Waals surface area contributed by atoms with Gasteiger partial charge in [-0.15, -0.1) is 0 Å². The van der Waals surface area contributed by atoms with Gasteiger partial charge in [0.25, 0.3) is 0 Å². The van der Waals surface area contributed by atoms with Crippen molar-refractivity contribution in [2.45, 2.75) is 12.3 Å². The fraction of sp³-hybridized carbons (Fsp3) is 0.107. The van der Waals surface area contributed by atoms with Crippen molar-refractivity contribution < 1.29 is 14.7 Å². The van der Waals surface area contributed by atoms with Crippen LogP contribution in [0.15, 0.2) is 109 Å². The van der Waals surface area contributed by atoms with E-state index in [-0.39, 0.29) is 11.9 Å². The van der Waals surface area contributed by atoms with Gasteiger partial charge < -0.3 is 9.94 Å². The number of carbonyl (C=O) groups is 1. The van der Waals surface area contributed by atoms with Gasteiger partial charge in [0.2, 0.25) is 0 Å². The summed E-state index contributed by atoms with van der Waals surface area (Å²) in [6.45, 7) is 0. The van der Waals surface area contributed by atoms with E-state index in [1.54, 1.807) is 24.5 Å². The van der Waals surface area contributed by atoms with Gasteiger partial charge in [0.1, 0.15) is 0 Å². The molecule has 0 amide bonds. The van der Waals surface area contributed by atoms with Crippen molar-refractivity contribution in [3.8, 4) is 11.1 Å². The molecule has 3 aromatic carbocycles. The number of nitrogens with zero attached hydrogens (tertiary/aromatic N) is 2. The number of ether oxygens (including phenoxy) is 1. The van der Waals surface area contributed by atoms with Crippen LogP contribution in [-0.2, 0) is 4.74 Å². The molecule has 1 unspecified atom stereocenters. The van der Waals surface area contributed by atoms with Gasteiger partial charge >= 0.3 is 5.97 Å². The lowest BCUT2D eigenvalue weighted by atomic mass is 9.85. The fourth-order valence-corrected chi connectivity index (χ4v) is 3.89. The molecule has 0 spiro atoms. The Kier molecular flexibility index (Phi) is 6.90. The molecule has 0 aliphatic heterocycles. The number of benzene rings is 3. The van der Waals surface area contributed by atoms with E-state index >= 15 is 0 Å². The molecule has 4 aromatic rings. The summed E-state index contributed by atoms with van der Waals surface area (Å²) >= 11 is 0. The predicted octanol–water partition coefficient (Wildman–Crippen LogP) is 5.94. The van der Waals surface area contributed by atoms with Crippen LogP contribution in [0, 0.1) is 0 Å². The molecule has 1 atom stereocenters. The van der Waals surface area contributed by atoms with E-state index in [9.17, 15) is 10.0 Å². The predicted molar refractivity (Wildman–Crippen MR) is 129 cm³/mol. The molecular formula is C28H24N2O3. The summed E-state index contributed by atoms with van der Waals surface area (Å²) in [5.74, 6) is -0.334. The van der Waals surface area contributed by atoms with Crippen molar-refractivity contribution in [2.24, 2.45) is 5.16 Å². The second-order valence-corrected chi connectivity index (χ2v) is 7.64. The summed E-state index contributed by atoms with van der Waals surface area (Å²) in [6.07, 6.45) is 3.92. The quantitative estimate of drug-likeness (QED) is 0.169. The molecule has 0 radical (unpaired) electrons.